The highest BCUT2D eigenvalue weighted by Crippen LogP contribution is 2.33. The molecule has 1 N–H and O–H groups in total. The van der Waals surface area contributed by atoms with Gasteiger partial charge in [0.25, 0.3) is 0 Å². The monoisotopic (exact) mass is 322 g/mol. The molecule has 0 heterocycles. The van der Waals surface area contributed by atoms with Gasteiger partial charge < -0.3 is 5.11 Å². The van der Waals surface area contributed by atoms with Crippen molar-refractivity contribution in [3.8, 4) is 0 Å². The van der Waals surface area contributed by atoms with Crippen LogP contribution in [0.4, 0.5) is 0 Å². The molecular formula is C16H18O3S2. The molecule has 2 aromatic carbocycles. The molecule has 0 aliphatic rings. The maximum absolute atomic E-state index is 12.3. The molecule has 0 saturated carbocycles. The van der Waals surface area contributed by atoms with Crippen molar-refractivity contribution in [1.82, 2.24) is 0 Å². The number of hydrogen-bond donors (Lipinski definition) is 1. The topological polar surface area (TPSA) is 54.4 Å². The van der Waals surface area contributed by atoms with E-state index in [9.17, 15) is 8.42 Å². The summed E-state index contributed by atoms with van der Waals surface area (Å²) in [5.41, 5.74) is 0.839. The van der Waals surface area contributed by atoms with E-state index in [2.05, 4.69) is 0 Å². The minimum Gasteiger partial charge on any atom is -0.392 e. The highest BCUT2D eigenvalue weighted by Gasteiger charge is 2.17. The molecule has 0 saturated heterocycles. The van der Waals surface area contributed by atoms with Gasteiger partial charge in [-0.3, -0.25) is 0 Å². The van der Waals surface area contributed by atoms with Crippen LogP contribution in [0, 0.1) is 0 Å². The van der Waals surface area contributed by atoms with Crippen molar-refractivity contribution in [2.45, 2.75) is 34.6 Å². The molecule has 0 spiro atoms. The number of rotatable bonds is 6. The Balaban J connectivity index is 2.32. The van der Waals surface area contributed by atoms with Crippen LogP contribution in [0.25, 0.3) is 0 Å². The summed E-state index contributed by atoms with van der Waals surface area (Å²) >= 11 is 1.43. The highest BCUT2D eigenvalue weighted by atomic mass is 32.2. The van der Waals surface area contributed by atoms with Gasteiger partial charge in [-0.1, -0.05) is 43.0 Å². The standard InChI is InChI=1S/C16H18O3S2/c1-2-11-21(18,19)16-6-4-3-5-15(16)20-14-9-7-13(12-17)8-10-14/h3-10,17H,2,11-12H2,1H3. The van der Waals surface area contributed by atoms with Gasteiger partial charge in [0, 0.05) is 9.79 Å². The van der Waals surface area contributed by atoms with Crippen molar-refractivity contribution in [2.24, 2.45) is 0 Å². The normalized spacial score (nSPS) is 11.5. The third kappa shape index (κ3) is 4.09. The number of aliphatic hydroxyl groups is 1. The number of aliphatic hydroxyl groups excluding tert-OH is 1. The van der Waals surface area contributed by atoms with Crippen molar-refractivity contribution in [3.63, 3.8) is 0 Å². The van der Waals surface area contributed by atoms with Crippen LogP contribution in [0.1, 0.15) is 18.9 Å². The summed E-state index contributed by atoms with van der Waals surface area (Å²) in [5, 5.41) is 9.04. The molecule has 3 nitrogen and oxygen atoms in total. The van der Waals surface area contributed by atoms with E-state index >= 15 is 0 Å². The maximum atomic E-state index is 12.3. The van der Waals surface area contributed by atoms with Gasteiger partial charge in [-0.15, -0.1) is 0 Å². The second-order valence-corrected chi connectivity index (χ2v) is 7.86. The van der Waals surface area contributed by atoms with Gasteiger partial charge in [0.05, 0.1) is 17.3 Å². The van der Waals surface area contributed by atoms with Crippen molar-refractivity contribution in [1.29, 1.82) is 0 Å². The molecule has 0 amide bonds. The molecule has 5 heteroatoms. The Morgan fingerprint density at radius 1 is 1.05 bits per heavy atom. The number of sulfone groups is 1. The minimum absolute atomic E-state index is 0.00636. The predicted molar refractivity (Wildman–Crippen MR) is 85.3 cm³/mol. The molecule has 2 rings (SSSR count). The van der Waals surface area contributed by atoms with E-state index in [1.165, 1.54) is 11.8 Å². The third-order valence-electron chi connectivity index (χ3n) is 2.99. The molecule has 0 aliphatic carbocycles. The van der Waals surface area contributed by atoms with Crippen LogP contribution < -0.4 is 0 Å². The van der Waals surface area contributed by atoms with Crippen molar-refractivity contribution >= 4 is 21.6 Å². The Morgan fingerprint density at radius 3 is 2.33 bits per heavy atom. The molecule has 0 fully saturated rings. The first-order valence-electron chi connectivity index (χ1n) is 6.76. The van der Waals surface area contributed by atoms with Gasteiger partial charge in [-0.2, -0.15) is 0 Å². The van der Waals surface area contributed by atoms with Crippen LogP contribution in [-0.4, -0.2) is 19.3 Å². The number of hydrogen-bond acceptors (Lipinski definition) is 4. The summed E-state index contributed by atoms with van der Waals surface area (Å²) in [4.78, 5) is 2.08. The molecule has 112 valence electrons. The van der Waals surface area contributed by atoms with E-state index in [1.54, 1.807) is 12.1 Å². The van der Waals surface area contributed by atoms with Gasteiger partial charge in [0.2, 0.25) is 0 Å². The average Bonchev–Trinajstić information content (AvgIpc) is 2.48. The molecule has 0 aromatic heterocycles. The van der Waals surface area contributed by atoms with Crippen molar-refractivity contribution < 1.29 is 13.5 Å². The molecular weight excluding hydrogens is 304 g/mol. The summed E-state index contributed by atoms with van der Waals surface area (Å²) in [6.45, 7) is 1.87. The maximum Gasteiger partial charge on any atom is 0.179 e. The zero-order valence-corrected chi connectivity index (χ0v) is 13.5. The fourth-order valence-corrected chi connectivity index (χ4v) is 4.73. The van der Waals surface area contributed by atoms with E-state index in [0.717, 1.165) is 15.4 Å². The molecule has 2 aromatic rings. The smallest absolute Gasteiger partial charge is 0.179 e. The highest BCUT2D eigenvalue weighted by molar-refractivity contribution is 8.00. The summed E-state index contributed by atoms with van der Waals surface area (Å²) in [6.07, 6.45) is 0.604. The molecule has 21 heavy (non-hydrogen) atoms. The third-order valence-corrected chi connectivity index (χ3v) is 6.18. The minimum atomic E-state index is -3.23. The summed E-state index contributed by atoms with van der Waals surface area (Å²) in [5.74, 6) is 0.161. The molecule has 0 aliphatic heterocycles. The summed E-state index contributed by atoms with van der Waals surface area (Å²) in [6, 6.07) is 14.5. The number of benzene rings is 2. The Hall–Kier alpha value is -1.30. The van der Waals surface area contributed by atoms with Gasteiger partial charge in [0.15, 0.2) is 9.84 Å². The van der Waals surface area contributed by atoms with E-state index in [0.29, 0.717) is 11.3 Å². The van der Waals surface area contributed by atoms with Crippen LogP contribution in [0.3, 0.4) is 0 Å². The average molecular weight is 322 g/mol. The molecule has 0 atom stereocenters. The first-order valence-corrected chi connectivity index (χ1v) is 9.23. The van der Waals surface area contributed by atoms with Crippen molar-refractivity contribution in [3.05, 3.63) is 54.1 Å². The lowest BCUT2D eigenvalue weighted by molar-refractivity contribution is 0.282. The van der Waals surface area contributed by atoms with Crippen molar-refractivity contribution in [2.75, 3.05) is 5.75 Å². The second-order valence-electron chi connectivity index (χ2n) is 4.67. The Labute approximate surface area is 129 Å². The van der Waals surface area contributed by atoms with E-state index in [4.69, 9.17) is 5.11 Å². The fraction of sp³-hybridized carbons (Fsp3) is 0.250. The van der Waals surface area contributed by atoms with Crippen LogP contribution in [-0.2, 0) is 16.4 Å². The Kier molecular flexibility index (Phi) is 5.45. The van der Waals surface area contributed by atoms with E-state index < -0.39 is 9.84 Å². The largest absolute Gasteiger partial charge is 0.392 e. The fourth-order valence-electron chi connectivity index (χ4n) is 1.96. The molecule has 0 bridgehead atoms. The van der Waals surface area contributed by atoms with Gasteiger partial charge >= 0.3 is 0 Å². The first-order chi connectivity index (χ1) is 10.1. The van der Waals surface area contributed by atoms with E-state index in [-0.39, 0.29) is 12.4 Å². The predicted octanol–water partition coefficient (Wildman–Crippen LogP) is 3.51. The summed E-state index contributed by atoms with van der Waals surface area (Å²) in [7, 11) is -3.23. The van der Waals surface area contributed by atoms with Gasteiger partial charge in [0.1, 0.15) is 0 Å². The van der Waals surface area contributed by atoms with Crippen LogP contribution in [0.5, 0.6) is 0 Å². The van der Waals surface area contributed by atoms with Gasteiger partial charge in [-0.05, 0) is 36.2 Å². The first kappa shape index (κ1) is 16.1. The lowest BCUT2D eigenvalue weighted by Crippen LogP contribution is -2.07. The lowest BCUT2D eigenvalue weighted by atomic mass is 10.2. The molecule has 0 unspecified atom stereocenters. The molecule has 0 radical (unpaired) electrons. The SMILES string of the molecule is CCCS(=O)(=O)c1ccccc1Sc1ccc(CO)cc1. The second kappa shape index (κ2) is 7.11. The zero-order valence-electron chi connectivity index (χ0n) is 11.8. The lowest BCUT2D eigenvalue weighted by Gasteiger charge is -2.09. The quantitative estimate of drug-likeness (QED) is 0.884. The Bertz CT molecular complexity index is 692. The summed E-state index contributed by atoms with van der Waals surface area (Å²) < 4.78 is 24.6. The van der Waals surface area contributed by atoms with Crippen LogP contribution in [0.15, 0.2) is 63.2 Å². The Morgan fingerprint density at radius 2 is 1.71 bits per heavy atom. The van der Waals surface area contributed by atoms with Crippen LogP contribution >= 0.6 is 11.8 Å². The van der Waals surface area contributed by atoms with E-state index in [1.807, 2.05) is 43.3 Å². The zero-order chi connectivity index (χ0) is 15.3. The van der Waals surface area contributed by atoms with Gasteiger partial charge in [-0.25, -0.2) is 8.42 Å². The van der Waals surface area contributed by atoms with Crippen LogP contribution in [0.2, 0.25) is 0 Å².